The second kappa shape index (κ2) is 7.94. The molecule has 0 N–H and O–H groups in total. The highest BCUT2D eigenvalue weighted by atomic mass is 79.9. The van der Waals surface area contributed by atoms with Gasteiger partial charge in [-0.2, -0.15) is 0 Å². The SMILES string of the molecule is O=C(c1ccc(Br)o1)N(Cc1ccc(N2CCCCC2)o1)C1CCS(=O)(=O)C1. The van der Waals surface area contributed by atoms with Crippen LogP contribution in [0.25, 0.3) is 0 Å². The van der Waals surface area contributed by atoms with E-state index in [1.165, 1.54) is 6.42 Å². The van der Waals surface area contributed by atoms with Crippen molar-refractivity contribution in [1.29, 1.82) is 0 Å². The fourth-order valence-electron chi connectivity index (χ4n) is 3.86. The summed E-state index contributed by atoms with van der Waals surface area (Å²) in [6.07, 6.45) is 3.96. The van der Waals surface area contributed by atoms with E-state index >= 15 is 0 Å². The second-order valence-electron chi connectivity index (χ2n) is 7.38. The molecule has 2 fully saturated rings. The molecule has 2 aromatic rings. The van der Waals surface area contributed by atoms with E-state index in [-0.39, 0.29) is 35.8 Å². The molecule has 1 amide bonds. The molecule has 0 radical (unpaired) electrons. The average Bonchev–Trinajstić information content (AvgIpc) is 3.40. The Hall–Kier alpha value is -1.74. The van der Waals surface area contributed by atoms with Crippen molar-refractivity contribution in [3.05, 3.63) is 40.5 Å². The van der Waals surface area contributed by atoms with Gasteiger partial charge in [0.25, 0.3) is 5.91 Å². The summed E-state index contributed by atoms with van der Waals surface area (Å²) in [6.45, 7) is 2.15. The third-order valence-electron chi connectivity index (χ3n) is 5.34. The Kier molecular flexibility index (Phi) is 5.55. The highest BCUT2D eigenvalue weighted by molar-refractivity contribution is 9.10. The van der Waals surface area contributed by atoms with Crippen molar-refractivity contribution in [2.45, 2.75) is 38.3 Å². The van der Waals surface area contributed by atoms with Crippen molar-refractivity contribution in [1.82, 2.24) is 4.90 Å². The number of amides is 1. The van der Waals surface area contributed by atoms with Crippen molar-refractivity contribution in [2.24, 2.45) is 0 Å². The van der Waals surface area contributed by atoms with Crippen LogP contribution in [0.3, 0.4) is 0 Å². The summed E-state index contributed by atoms with van der Waals surface area (Å²) in [4.78, 5) is 16.8. The predicted octanol–water partition coefficient (Wildman–Crippen LogP) is 3.45. The lowest BCUT2D eigenvalue weighted by Gasteiger charge is -2.27. The quantitative estimate of drug-likeness (QED) is 0.664. The van der Waals surface area contributed by atoms with Gasteiger partial charge in [0.05, 0.1) is 18.1 Å². The van der Waals surface area contributed by atoms with Gasteiger partial charge in [0.2, 0.25) is 0 Å². The van der Waals surface area contributed by atoms with Crippen LogP contribution in [0.4, 0.5) is 5.88 Å². The Balaban J connectivity index is 1.55. The fraction of sp³-hybridized carbons (Fsp3) is 0.526. The summed E-state index contributed by atoms with van der Waals surface area (Å²) < 4.78 is 35.8. The van der Waals surface area contributed by atoms with Crippen molar-refractivity contribution in [2.75, 3.05) is 29.5 Å². The largest absolute Gasteiger partial charge is 0.444 e. The summed E-state index contributed by atoms with van der Waals surface area (Å²) in [5, 5.41) is 0. The van der Waals surface area contributed by atoms with E-state index < -0.39 is 9.84 Å². The molecule has 152 valence electrons. The lowest BCUT2D eigenvalue weighted by molar-refractivity contribution is 0.0632. The number of carbonyl (C=O) groups excluding carboxylic acids is 1. The molecule has 0 aromatic carbocycles. The fourth-order valence-corrected chi connectivity index (χ4v) is 5.90. The number of hydrogen-bond donors (Lipinski definition) is 0. The molecule has 0 spiro atoms. The molecule has 4 heterocycles. The van der Waals surface area contributed by atoms with Gasteiger partial charge in [0.15, 0.2) is 26.2 Å². The first-order valence-corrected chi connectivity index (χ1v) is 12.1. The first kappa shape index (κ1) is 19.6. The minimum Gasteiger partial charge on any atom is -0.444 e. The molecule has 0 bridgehead atoms. The van der Waals surface area contributed by atoms with E-state index in [1.807, 2.05) is 12.1 Å². The van der Waals surface area contributed by atoms with Crippen LogP contribution in [0.15, 0.2) is 37.8 Å². The molecule has 2 aromatic heterocycles. The normalized spacial score (nSPS) is 21.8. The number of anilines is 1. The molecule has 2 aliphatic heterocycles. The molecule has 1 unspecified atom stereocenters. The first-order chi connectivity index (χ1) is 13.4. The van der Waals surface area contributed by atoms with Crippen molar-refractivity contribution in [3.63, 3.8) is 0 Å². The standard InChI is InChI=1S/C19H23BrN2O5S/c20-17-6-5-16(27-17)19(23)22(14-8-11-28(24,25)13-14)12-15-4-7-18(26-15)21-9-2-1-3-10-21/h4-7,14H,1-3,8-13H2. The van der Waals surface area contributed by atoms with E-state index in [9.17, 15) is 13.2 Å². The number of rotatable bonds is 5. The Labute approximate surface area is 172 Å². The van der Waals surface area contributed by atoms with Crippen LogP contribution in [0, 0.1) is 0 Å². The van der Waals surface area contributed by atoms with E-state index in [0.29, 0.717) is 16.9 Å². The van der Waals surface area contributed by atoms with Gasteiger partial charge in [0, 0.05) is 25.2 Å². The Morgan fingerprint density at radius 2 is 1.93 bits per heavy atom. The maximum Gasteiger partial charge on any atom is 0.290 e. The van der Waals surface area contributed by atoms with Crippen LogP contribution in [0.5, 0.6) is 0 Å². The van der Waals surface area contributed by atoms with Crippen molar-refractivity contribution >= 4 is 37.6 Å². The van der Waals surface area contributed by atoms with Gasteiger partial charge < -0.3 is 18.6 Å². The predicted molar refractivity (Wildman–Crippen MR) is 108 cm³/mol. The molecule has 2 saturated heterocycles. The van der Waals surface area contributed by atoms with Gasteiger partial charge in [-0.25, -0.2) is 8.42 Å². The highest BCUT2D eigenvalue weighted by Crippen LogP contribution is 2.27. The maximum absolute atomic E-state index is 13.0. The van der Waals surface area contributed by atoms with Crippen LogP contribution in [0.2, 0.25) is 0 Å². The molecule has 28 heavy (non-hydrogen) atoms. The molecule has 0 aliphatic carbocycles. The Bertz CT molecular complexity index is 945. The lowest BCUT2D eigenvalue weighted by atomic mass is 10.1. The van der Waals surface area contributed by atoms with Crippen LogP contribution < -0.4 is 4.90 Å². The lowest BCUT2D eigenvalue weighted by Crippen LogP contribution is -2.40. The number of nitrogens with zero attached hydrogens (tertiary/aromatic N) is 2. The van der Waals surface area contributed by atoms with Gasteiger partial charge in [-0.1, -0.05) is 0 Å². The van der Waals surface area contributed by atoms with Gasteiger partial charge in [0.1, 0.15) is 5.76 Å². The zero-order chi connectivity index (χ0) is 19.7. The molecular weight excluding hydrogens is 448 g/mol. The number of sulfone groups is 1. The Morgan fingerprint density at radius 1 is 1.14 bits per heavy atom. The minimum atomic E-state index is -3.13. The molecule has 2 aliphatic rings. The van der Waals surface area contributed by atoms with E-state index in [0.717, 1.165) is 31.8 Å². The minimum absolute atomic E-state index is 0.0275. The zero-order valence-corrected chi connectivity index (χ0v) is 17.9. The molecule has 9 heteroatoms. The van der Waals surface area contributed by atoms with Crippen molar-refractivity contribution < 1.29 is 22.0 Å². The summed E-state index contributed by atoms with van der Waals surface area (Å²) in [5.74, 6) is 1.37. The van der Waals surface area contributed by atoms with Gasteiger partial charge in [-0.05, 0) is 59.8 Å². The zero-order valence-electron chi connectivity index (χ0n) is 15.5. The van der Waals surface area contributed by atoms with Crippen LogP contribution in [-0.4, -0.2) is 49.9 Å². The monoisotopic (exact) mass is 470 g/mol. The Morgan fingerprint density at radius 3 is 2.57 bits per heavy atom. The molecular formula is C19H23BrN2O5S. The topological polar surface area (TPSA) is 84.0 Å². The van der Waals surface area contributed by atoms with E-state index in [1.54, 1.807) is 17.0 Å². The maximum atomic E-state index is 13.0. The van der Waals surface area contributed by atoms with Gasteiger partial charge >= 0.3 is 0 Å². The second-order valence-corrected chi connectivity index (χ2v) is 10.4. The van der Waals surface area contributed by atoms with Crippen molar-refractivity contribution in [3.8, 4) is 0 Å². The summed E-state index contributed by atoms with van der Waals surface area (Å²) in [7, 11) is -3.13. The van der Waals surface area contributed by atoms with Crippen LogP contribution >= 0.6 is 15.9 Å². The smallest absolute Gasteiger partial charge is 0.290 e. The third kappa shape index (κ3) is 4.30. The number of halogens is 1. The summed E-state index contributed by atoms with van der Waals surface area (Å²) in [6, 6.07) is 6.65. The summed E-state index contributed by atoms with van der Waals surface area (Å²) >= 11 is 3.21. The van der Waals surface area contributed by atoms with E-state index in [2.05, 4.69) is 20.8 Å². The first-order valence-electron chi connectivity index (χ1n) is 9.52. The molecule has 1 atom stereocenters. The molecule has 4 rings (SSSR count). The number of piperidine rings is 1. The third-order valence-corrected chi connectivity index (χ3v) is 7.51. The van der Waals surface area contributed by atoms with Crippen LogP contribution in [0.1, 0.15) is 42.0 Å². The van der Waals surface area contributed by atoms with Crippen LogP contribution in [-0.2, 0) is 16.4 Å². The van der Waals surface area contributed by atoms with E-state index in [4.69, 9.17) is 8.83 Å². The number of carbonyl (C=O) groups is 1. The average molecular weight is 471 g/mol. The van der Waals surface area contributed by atoms with Gasteiger partial charge in [-0.15, -0.1) is 0 Å². The molecule has 7 nitrogen and oxygen atoms in total. The number of furan rings is 2. The highest BCUT2D eigenvalue weighted by Gasteiger charge is 2.36. The number of hydrogen-bond acceptors (Lipinski definition) is 6. The summed E-state index contributed by atoms with van der Waals surface area (Å²) in [5.41, 5.74) is 0. The van der Waals surface area contributed by atoms with Gasteiger partial charge in [-0.3, -0.25) is 4.79 Å². The molecule has 0 saturated carbocycles.